The van der Waals surface area contributed by atoms with E-state index in [1.807, 2.05) is 37.4 Å². The number of rotatable bonds is 3. The predicted molar refractivity (Wildman–Crippen MR) is 68.5 cm³/mol. The summed E-state index contributed by atoms with van der Waals surface area (Å²) < 4.78 is 0. The zero-order valence-corrected chi connectivity index (χ0v) is 9.35. The van der Waals surface area contributed by atoms with Crippen LogP contribution in [0.25, 0.3) is 0 Å². The summed E-state index contributed by atoms with van der Waals surface area (Å²) in [7, 11) is 1.91. The molecule has 3 N–H and O–H groups in total. The standard InChI is InChI=1S/C14H16N2/c1-16-13-9-5-8-12(10-13)14(15)11-6-3-2-4-7-11/h2-10,14,16H,15H2,1H3. The minimum absolute atomic E-state index is 0.0606. The van der Waals surface area contributed by atoms with Gasteiger partial charge in [-0.1, -0.05) is 42.5 Å². The number of hydrogen-bond donors (Lipinski definition) is 2. The van der Waals surface area contributed by atoms with Gasteiger partial charge in [0.15, 0.2) is 0 Å². The van der Waals surface area contributed by atoms with Crippen molar-refractivity contribution in [3.8, 4) is 0 Å². The highest BCUT2D eigenvalue weighted by Gasteiger charge is 2.07. The maximum absolute atomic E-state index is 6.21. The van der Waals surface area contributed by atoms with Crippen molar-refractivity contribution in [2.45, 2.75) is 6.04 Å². The van der Waals surface area contributed by atoms with Crippen molar-refractivity contribution in [3.05, 3.63) is 65.7 Å². The number of benzene rings is 2. The molecular formula is C14H16N2. The van der Waals surface area contributed by atoms with Crippen LogP contribution in [0.5, 0.6) is 0 Å². The fraction of sp³-hybridized carbons (Fsp3) is 0.143. The molecule has 2 nitrogen and oxygen atoms in total. The first kappa shape index (κ1) is 10.7. The van der Waals surface area contributed by atoms with Crippen molar-refractivity contribution in [1.29, 1.82) is 0 Å². The van der Waals surface area contributed by atoms with E-state index in [9.17, 15) is 0 Å². The Morgan fingerprint density at radius 3 is 2.31 bits per heavy atom. The van der Waals surface area contributed by atoms with Gasteiger partial charge in [0.05, 0.1) is 6.04 Å². The molecule has 0 aliphatic rings. The van der Waals surface area contributed by atoms with E-state index in [-0.39, 0.29) is 6.04 Å². The van der Waals surface area contributed by atoms with Gasteiger partial charge in [0, 0.05) is 12.7 Å². The second-order valence-electron chi connectivity index (χ2n) is 3.76. The summed E-state index contributed by atoms with van der Waals surface area (Å²) in [5, 5.41) is 3.12. The van der Waals surface area contributed by atoms with Crippen molar-refractivity contribution in [2.75, 3.05) is 12.4 Å². The molecule has 2 aromatic rings. The largest absolute Gasteiger partial charge is 0.388 e. The second-order valence-corrected chi connectivity index (χ2v) is 3.76. The highest BCUT2D eigenvalue weighted by atomic mass is 14.8. The van der Waals surface area contributed by atoms with Crippen LogP contribution in [0.1, 0.15) is 17.2 Å². The highest BCUT2D eigenvalue weighted by Crippen LogP contribution is 2.21. The van der Waals surface area contributed by atoms with Crippen LogP contribution in [0.2, 0.25) is 0 Å². The molecule has 1 unspecified atom stereocenters. The van der Waals surface area contributed by atoms with Gasteiger partial charge in [-0.25, -0.2) is 0 Å². The average Bonchev–Trinajstić information content (AvgIpc) is 2.39. The summed E-state index contributed by atoms with van der Waals surface area (Å²) in [6.07, 6.45) is 0. The predicted octanol–water partition coefficient (Wildman–Crippen LogP) is 2.78. The minimum Gasteiger partial charge on any atom is -0.388 e. The van der Waals surface area contributed by atoms with Crippen molar-refractivity contribution in [2.24, 2.45) is 5.73 Å². The lowest BCUT2D eigenvalue weighted by Gasteiger charge is -2.13. The summed E-state index contributed by atoms with van der Waals surface area (Å²) in [5.41, 5.74) is 9.56. The summed E-state index contributed by atoms with van der Waals surface area (Å²) >= 11 is 0. The molecule has 0 bridgehead atoms. The zero-order valence-electron chi connectivity index (χ0n) is 9.35. The smallest absolute Gasteiger partial charge is 0.0552 e. The van der Waals surface area contributed by atoms with E-state index < -0.39 is 0 Å². The average molecular weight is 212 g/mol. The Hall–Kier alpha value is -1.80. The lowest BCUT2D eigenvalue weighted by molar-refractivity contribution is 0.872. The minimum atomic E-state index is -0.0606. The monoisotopic (exact) mass is 212 g/mol. The summed E-state index contributed by atoms with van der Waals surface area (Å²) in [6, 6.07) is 18.2. The van der Waals surface area contributed by atoms with E-state index >= 15 is 0 Å². The molecule has 0 spiro atoms. The third kappa shape index (κ3) is 2.23. The van der Waals surface area contributed by atoms with Crippen molar-refractivity contribution in [1.82, 2.24) is 0 Å². The van der Waals surface area contributed by atoms with Crippen LogP contribution < -0.4 is 11.1 Å². The fourth-order valence-electron chi connectivity index (χ4n) is 1.74. The fourth-order valence-corrected chi connectivity index (χ4v) is 1.74. The molecule has 0 heterocycles. The van der Waals surface area contributed by atoms with Gasteiger partial charge in [0.2, 0.25) is 0 Å². The Kier molecular flexibility index (Phi) is 3.22. The molecule has 2 aromatic carbocycles. The van der Waals surface area contributed by atoms with Gasteiger partial charge in [-0.15, -0.1) is 0 Å². The normalized spacial score (nSPS) is 12.1. The van der Waals surface area contributed by atoms with Gasteiger partial charge in [-0.05, 0) is 23.3 Å². The van der Waals surface area contributed by atoms with Crippen LogP contribution in [-0.2, 0) is 0 Å². The maximum atomic E-state index is 6.21. The Morgan fingerprint density at radius 1 is 0.938 bits per heavy atom. The van der Waals surface area contributed by atoms with Crippen molar-refractivity contribution >= 4 is 5.69 Å². The van der Waals surface area contributed by atoms with Crippen LogP contribution in [0.4, 0.5) is 5.69 Å². The lowest BCUT2D eigenvalue weighted by atomic mass is 9.99. The maximum Gasteiger partial charge on any atom is 0.0552 e. The van der Waals surface area contributed by atoms with Crippen LogP contribution in [0, 0.1) is 0 Å². The SMILES string of the molecule is CNc1cccc(C(N)c2ccccc2)c1. The first-order valence-corrected chi connectivity index (χ1v) is 5.39. The summed E-state index contributed by atoms with van der Waals surface area (Å²) in [6.45, 7) is 0. The molecule has 0 aliphatic heterocycles. The molecule has 0 amide bonds. The Bertz CT molecular complexity index is 451. The van der Waals surface area contributed by atoms with Gasteiger partial charge in [-0.3, -0.25) is 0 Å². The molecule has 0 saturated heterocycles. The van der Waals surface area contributed by atoms with E-state index in [0.29, 0.717) is 0 Å². The quantitative estimate of drug-likeness (QED) is 0.821. The van der Waals surface area contributed by atoms with Crippen LogP contribution in [0.15, 0.2) is 54.6 Å². The molecule has 0 aromatic heterocycles. The summed E-state index contributed by atoms with van der Waals surface area (Å²) in [4.78, 5) is 0. The highest BCUT2D eigenvalue weighted by molar-refractivity contribution is 5.47. The second kappa shape index (κ2) is 4.81. The van der Waals surface area contributed by atoms with E-state index in [1.54, 1.807) is 0 Å². The van der Waals surface area contributed by atoms with Gasteiger partial charge >= 0.3 is 0 Å². The first-order chi connectivity index (χ1) is 7.81. The van der Waals surface area contributed by atoms with Crippen LogP contribution in [-0.4, -0.2) is 7.05 Å². The Labute approximate surface area is 96.1 Å². The molecule has 1 atom stereocenters. The number of anilines is 1. The first-order valence-electron chi connectivity index (χ1n) is 5.39. The Morgan fingerprint density at radius 2 is 1.62 bits per heavy atom. The van der Waals surface area contributed by atoms with E-state index in [1.165, 1.54) is 0 Å². The molecule has 82 valence electrons. The molecule has 0 aliphatic carbocycles. The number of nitrogens with two attached hydrogens (primary N) is 1. The molecule has 0 fully saturated rings. The van der Waals surface area contributed by atoms with E-state index in [2.05, 4.69) is 29.6 Å². The molecule has 2 heteroatoms. The summed E-state index contributed by atoms with van der Waals surface area (Å²) in [5.74, 6) is 0. The molecule has 0 saturated carbocycles. The Balaban J connectivity index is 2.30. The molecule has 16 heavy (non-hydrogen) atoms. The number of hydrogen-bond acceptors (Lipinski definition) is 2. The molecule has 2 rings (SSSR count). The van der Waals surface area contributed by atoms with E-state index in [4.69, 9.17) is 5.73 Å². The lowest BCUT2D eigenvalue weighted by Crippen LogP contribution is -2.11. The topological polar surface area (TPSA) is 38.0 Å². The number of nitrogens with one attached hydrogen (secondary N) is 1. The van der Waals surface area contributed by atoms with Gasteiger partial charge in [0.1, 0.15) is 0 Å². The third-order valence-electron chi connectivity index (χ3n) is 2.69. The zero-order chi connectivity index (χ0) is 11.4. The van der Waals surface area contributed by atoms with E-state index in [0.717, 1.165) is 16.8 Å². The van der Waals surface area contributed by atoms with Crippen LogP contribution >= 0.6 is 0 Å². The van der Waals surface area contributed by atoms with Gasteiger partial charge in [-0.2, -0.15) is 0 Å². The van der Waals surface area contributed by atoms with Gasteiger partial charge < -0.3 is 11.1 Å². The van der Waals surface area contributed by atoms with Crippen molar-refractivity contribution in [3.63, 3.8) is 0 Å². The van der Waals surface area contributed by atoms with Crippen molar-refractivity contribution < 1.29 is 0 Å². The molecular weight excluding hydrogens is 196 g/mol. The molecule has 0 radical (unpaired) electrons. The van der Waals surface area contributed by atoms with Gasteiger partial charge in [0.25, 0.3) is 0 Å². The third-order valence-corrected chi connectivity index (χ3v) is 2.69. The van der Waals surface area contributed by atoms with Crippen LogP contribution in [0.3, 0.4) is 0 Å².